The average molecular weight is 289 g/mol. The maximum Gasteiger partial charge on any atom is 0.123 e. The number of halogens is 2. The van der Waals surface area contributed by atoms with Gasteiger partial charge in [-0.05, 0) is 57.4 Å². The van der Waals surface area contributed by atoms with Crippen LogP contribution in [0.3, 0.4) is 0 Å². The highest BCUT2D eigenvalue weighted by atomic mass is 79.9. The molecule has 0 amide bonds. The van der Waals surface area contributed by atoms with Gasteiger partial charge < -0.3 is 10.2 Å². The van der Waals surface area contributed by atoms with Crippen LogP contribution in [0.5, 0.6) is 0 Å². The Labute approximate surface area is 105 Å². The van der Waals surface area contributed by atoms with Crippen molar-refractivity contribution in [3.8, 4) is 0 Å². The van der Waals surface area contributed by atoms with Crippen LogP contribution in [0.4, 0.5) is 4.39 Å². The Bertz CT molecular complexity index is 331. The van der Waals surface area contributed by atoms with Crippen molar-refractivity contribution in [2.45, 2.75) is 13.0 Å². The van der Waals surface area contributed by atoms with E-state index in [-0.39, 0.29) is 5.82 Å². The molecule has 0 spiro atoms. The molecule has 4 heteroatoms. The van der Waals surface area contributed by atoms with Crippen molar-refractivity contribution in [1.29, 1.82) is 0 Å². The summed E-state index contributed by atoms with van der Waals surface area (Å²) < 4.78 is 14.0. The Balaban J connectivity index is 2.48. The summed E-state index contributed by atoms with van der Waals surface area (Å²) in [6.45, 7) is 2.78. The lowest BCUT2D eigenvalue weighted by Gasteiger charge is -2.17. The lowest BCUT2D eigenvalue weighted by molar-refractivity contribution is 0.320. The molecule has 0 aliphatic rings. The first-order chi connectivity index (χ1) is 7.63. The molecule has 1 rings (SSSR count). The Morgan fingerprint density at radius 3 is 2.88 bits per heavy atom. The van der Waals surface area contributed by atoms with Crippen molar-refractivity contribution >= 4 is 15.9 Å². The summed E-state index contributed by atoms with van der Waals surface area (Å²) in [5, 5.41) is 3.11. The normalized spacial score (nSPS) is 11.1. The maximum atomic E-state index is 13.1. The third-order valence-corrected chi connectivity index (χ3v) is 3.19. The van der Waals surface area contributed by atoms with Crippen LogP contribution in [-0.4, -0.2) is 32.1 Å². The standard InChI is InChI=1S/C12H18BrFN2/c1-15-6-3-7-16(2)9-10-8-11(14)4-5-12(10)13/h4-5,8,15H,3,6-7,9H2,1-2H3. The summed E-state index contributed by atoms with van der Waals surface area (Å²) in [6, 6.07) is 4.80. The Hall–Kier alpha value is -0.450. The van der Waals surface area contributed by atoms with Gasteiger partial charge in [0.1, 0.15) is 5.82 Å². The molecule has 2 nitrogen and oxygen atoms in total. The van der Waals surface area contributed by atoms with E-state index in [1.54, 1.807) is 12.1 Å². The number of nitrogens with one attached hydrogen (secondary N) is 1. The molecule has 0 atom stereocenters. The van der Waals surface area contributed by atoms with Crippen LogP contribution in [0, 0.1) is 5.82 Å². The first-order valence-electron chi connectivity index (χ1n) is 5.40. The van der Waals surface area contributed by atoms with E-state index < -0.39 is 0 Å². The second-order valence-electron chi connectivity index (χ2n) is 3.93. The summed E-state index contributed by atoms with van der Waals surface area (Å²) in [6.07, 6.45) is 1.10. The van der Waals surface area contributed by atoms with E-state index in [0.29, 0.717) is 0 Å². The maximum absolute atomic E-state index is 13.1. The zero-order chi connectivity index (χ0) is 12.0. The van der Waals surface area contributed by atoms with Gasteiger partial charge in [-0.2, -0.15) is 0 Å². The summed E-state index contributed by atoms with van der Waals surface area (Å²) in [5.41, 5.74) is 0.993. The molecule has 0 saturated heterocycles. The van der Waals surface area contributed by atoms with Gasteiger partial charge in [-0.1, -0.05) is 15.9 Å². The Morgan fingerprint density at radius 2 is 2.19 bits per heavy atom. The summed E-state index contributed by atoms with van der Waals surface area (Å²) in [5.74, 6) is -0.179. The topological polar surface area (TPSA) is 15.3 Å². The quantitative estimate of drug-likeness (QED) is 0.810. The van der Waals surface area contributed by atoms with Crippen LogP contribution >= 0.6 is 15.9 Å². The van der Waals surface area contributed by atoms with E-state index in [2.05, 4.69) is 26.1 Å². The van der Waals surface area contributed by atoms with E-state index in [4.69, 9.17) is 0 Å². The van der Waals surface area contributed by atoms with Crippen LogP contribution in [0.2, 0.25) is 0 Å². The van der Waals surface area contributed by atoms with Crippen molar-refractivity contribution in [3.05, 3.63) is 34.1 Å². The van der Waals surface area contributed by atoms with Crippen molar-refractivity contribution in [1.82, 2.24) is 10.2 Å². The molecule has 0 heterocycles. The highest BCUT2D eigenvalue weighted by molar-refractivity contribution is 9.10. The van der Waals surface area contributed by atoms with E-state index >= 15 is 0 Å². The minimum Gasteiger partial charge on any atom is -0.320 e. The van der Waals surface area contributed by atoms with E-state index in [9.17, 15) is 4.39 Å². The molecule has 0 unspecified atom stereocenters. The van der Waals surface area contributed by atoms with Crippen molar-refractivity contribution < 1.29 is 4.39 Å². The Morgan fingerprint density at radius 1 is 1.44 bits per heavy atom. The summed E-state index contributed by atoms with van der Waals surface area (Å²) in [7, 11) is 4.00. The fourth-order valence-corrected chi connectivity index (χ4v) is 1.93. The van der Waals surface area contributed by atoms with Crippen molar-refractivity contribution in [2.24, 2.45) is 0 Å². The average Bonchev–Trinajstić information content (AvgIpc) is 2.24. The minimum absolute atomic E-state index is 0.179. The number of hydrogen-bond acceptors (Lipinski definition) is 2. The van der Waals surface area contributed by atoms with Crippen LogP contribution in [0.25, 0.3) is 0 Å². The molecule has 0 bridgehead atoms. The molecule has 1 N–H and O–H groups in total. The number of hydrogen-bond donors (Lipinski definition) is 1. The third kappa shape index (κ3) is 4.60. The predicted molar refractivity (Wildman–Crippen MR) is 69.0 cm³/mol. The Kier molecular flexibility index (Phi) is 5.95. The largest absolute Gasteiger partial charge is 0.320 e. The molecule has 0 saturated carbocycles. The summed E-state index contributed by atoms with van der Waals surface area (Å²) in [4.78, 5) is 2.19. The fourth-order valence-electron chi connectivity index (χ4n) is 1.56. The molecule has 0 fully saturated rings. The second-order valence-corrected chi connectivity index (χ2v) is 4.78. The van der Waals surface area contributed by atoms with Gasteiger partial charge in [-0.15, -0.1) is 0 Å². The zero-order valence-corrected chi connectivity index (χ0v) is 11.3. The van der Waals surface area contributed by atoms with Gasteiger partial charge in [-0.3, -0.25) is 0 Å². The number of nitrogens with zero attached hydrogens (tertiary/aromatic N) is 1. The zero-order valence-electron chi connectivity index (χ0n) is 9.76. The molecule has 0 radical (unpaired) electrons. The van der Waals surface area contributed by atoms with E-state index in [1.165, 1.54) is 6.07 Å². The van der Waals surface area contributed by atoms with Crippen LogP contribution in [-0.2, 0) is 6.54 Å². The van der Waals surface area contributed by atoms with Gasteiger partial charge in [0, 0.05) is 11.0 Å². The molecular formula is C12H18BrFN2. The van der Waals surface area contributed by atoms with Crippen LogP contribution < -0.4 is 5.32 Å². The molecule has 0 aliphatic carbocycles. The number of rotatable bonds is 6. The van der Waals surface area contributed by atoms with Crippen molar-refractivity contribution in [3.63, 3.8) is 0 Å². The van der Waals surface area contributed by atoms with Gasteiger partial charge >= 0.3 is 0 Å². The van der Waals surface area contributed by atoms with Crippen LogP contribution in [0.1, 0.15) is 12.0 Å². The SMILES string of the molecule is CNCCCN(C)Cc1cc(F)ccc1Br. The number of benzene rings is 1. The van der Waals surface area contributed by atoms with Gasteiger partial charge in [0.05, 0.1) is 0 Å². The lowest BCUT2D eigenvalue weighted by atomic mass is 10.2. The first-order valence-corrected chi connectivity index (χ1v) is 6.20. The van der Waals surface area contributed by atoms with Gasteiger partial charge in [0.15, 0.2) is 0 Å². The molecule has 1 aromatic carbocycles. The molecule has 90 valence electrons. The molecule has 0 aromatic heterocycles. The van der Waals surface area contributed by atoms with Crippen molar-refractivity contribution in [2.75, 3.05) is 27.2 Å². The fraction of sp³-hybridized carbons (Fsp3) is 0.500. The molecule has 0 aliphatic heterocycles. The highest BCUT2D eigenvalue weighted by Gasteiger charge is 2.05. The first kappa shape index (κ1) is 13.6. The van der Waals surface area contributed by atoms with E-state index in [1.807, 2.05) is 14.1 Å². The highest BCUT2D eigenvalue weighted by Crippen LogP contribution is 2.19. The van der Waals surface area contributed by atoms with Crippen LogP contribution in [0.15, 0.2) is 22.7 Å². The summed E-state index contributed by atoms with van der Waals surface area (Å²) >= 11 is 3.44. The molecular weight excluding hydrogens is 271 g/mol. The lowest BCUT2D eigenvalue weighted by Crippen LogP contribution is -2.22. The third-order valence-electron chi connectivity index (χ3n) is 2.41. The minimum atomic E-state index is -0.179. The predicted octanol–water partition coefficient (Wildman–Crippen LogP) is 2.63. The smallest absolute Gasteiger partial charge is 0.123 e. The molecule has 1 aromatic rings. The van der Waals surface area contributed by atoms with Gasteiger partial charge in [-0.25, -0.2) is 4.39 Å². The van der Waals surface area contributed by atoms with Gasteiger partial charge in [0.2, 0.25) is 0 Å². The molecule has 16 heavy (non-hydrogen) atoms. The second kappa shape index (κ2) is 6.99. The van der Waals surface area contributed by atoms with E-state index in [0.717, 1.165) is 36.1 Å². The van der Waals surface area contributed by atoms with Gasteiger partial charge in [0.25, 0.3) is 0 Å². The monoisotopic (exact) mass is 288 g/mol.